The molecule has 1 aliphatic rings. The van der Waals surface area contributed by atoms with Crippen molar-refractivity contribution in [2.45, 2.75) is 6.92 Å². The zero-order valence-electron chi connectivity index (χ0n) is 13.9. The number of anilines is 1. The molecule has 1 aliphatic heterocycles. The van der Waals surface area contributed by atoms with Gasteiger partial charge in [-0.3, -0.25) is 9.89 Å². The van der Waals surface area contributed by atoms with E-state index in [1.54, 1.807) is 18.3 Å². The number of nitrogens with one attached hydrogen (secondary N) is 1. The first-order valence-electron chi connectivity index (χ1n) is 8.22. The molecule has 1 amide bonds. The molecule has 1 saturated heterocycles. The Morgan fingerprint density at radius 1 is 1.16 bits per heavy atom. The maximum absolute atomic E-state index is 13.0. The molecule has 3 aromatic rings. The Morgan fingerprint density at radius 2 is 1.88 bits per heavy atom. The first kappa shape index (κ1) is 15.6. The first-order chi connectivity index (χ1) is 12.1. The van der Waals surface area contributed by atoms with Crippen molar-refractivity contribution in [3.63, 3.8) is 0 Å². The zero-order valence-corrected chi connectivity index (χ0v) is 13.9. The normalized spacial score (nSPS) is 15.0. The molecule has 0 saturated carbocycles. The van der Waals surface area contributed by atoms with E-state index in [4.69, 9.17) is 0 Å². The summed E-state index contributed by atoms with van der Waals surface area (Å²) in [6.45, 7) is 4.60. The van der Waals surface area contributed by atoms with Gasteiger partial charge in [-0.1, -0.05) is 0 Å². The SMILES string of the molecule is Cc1[nH]nc2ncc(C(=O)N3CCN(c4ccc(F)cc4)CC3)cc12. The molecule has 0 bridgehead atoms. The number of hydrogen-bond donors (Lipinski definition) is 1. The highest BCUT2D eigenvalue weighted by Gasteiger charge is 2.23. The molecular formula is C18H18FN5O. The number of H-pyrrole nitrogens is 1. The summed E-state index contributed by atoms with van der Waals surface area (Å²) in [5.74, 6) is -0.260. The second kappa shape index (κ2) is 6.16. The molecule has 1 aromatic carbocycles. The molecule has 1 N–H and O–H groups in total. The largest absolute Gasteiger partial charge is 0.368 e. The Hall–Kier alpha value is -2.96. The molecular weight excluding hydrogens is 321 g/mol. The Kier molecular flexibility index (Phi) is 3.83. The number of aryl methyl sites for hydroxylation is 1. The molecule has 3 heterocycles. The minimum Gasteiger partial charge on any atom is -0.368 e. The van der Waals surface area contributed by atoms with Crippen LogP contribution in [0, 0.1) is 12.7 Å². The van der Waals surface area contributed by atoms with Crippen LogP contribution in [0.5, 0.6) is 0 Å². The fraction of sp³-hybridized carbons (Fsp3) is 0.278. The molecule has 25 heavy (non-hydrogen) atoms. The van der Waals surface area contributed by atoms with Crippen molar-refractivity contribution in [1.29, 1.82) is 0 Å². The van der Waals surface area contributed by atoms with Gasteiger partial charge in [0.05, 0.1) is 5.56 Å². The number of halogens is 1. The second-order valence-electron chi connectivity index (χ2n) is 6.20. The summed E-state index contributed by atoms with van der Waals surface area (Å²) in [4.78, 5) is 21.0. The van der Waals surface area contributed by atoms with E-state index >= 15 is 0 Å². The maximum atomic E-state index is 13.0. The van der Waals surface area contributed by atoms with E-state index in [-0.39, 0.29) is 11.7 Å². The van der Waals surface area contributed by atoms with Crippen LogP contribution in [-0.4, -0.2) is 52.2 Å². The Balaban J connectivity index is 1.46. The average Bonchev–Trinajstić information content (AvgIpc) is 3.02. The standard InChI is InChI=1S/C18H18FN5O/c1-12-16-10-13(11-20-17(16)22-21-12)18(25)24-8-6-23(7-9-24)15-4-2-14(19)3-5-15/h2-5,10-11H,6-9H2,1H3,(H,20,21,22). The summed E-state index contributed by atoms with van der Waals surface area (Å²) < 4.78 is 13.0. The number of benzene rings is 1. The van der Waals surface area contributed by atoms with Crippen LogP contribution in [-0.2, 0) is 0 Å². The predicted molar refractivity (Wildman–Crippen MR) is 93.1 cm³/mol. The molecule has 0 unspecified atom stereocenters. The van der Waals surface area contributed by atoms with Crippen molar-refractivity contribution in [3.05, 3.63) is 53.6 Å². The van der Waals surface area contributed by atoms with Gasteiger partial charge in [-0.25, -0.2) is 9.37 Å². The lowest BCUT2D eigenvalue weighted by Crippen LogP contribution is -2.48. The third-order valence-corrected chi connectivity index (χ3v) is 4.61. The number of piperazine rings is 1. The Morgan fingerprint density at radius 3 is 2.60 bits per heavy atom. The Labute approximate surface area is 144 Å². The fourth-order valence-electron chi connectivity index (χ4n) is 3.14. The van der Waals surface area contributed by atoms with E-state index < -0.39 is 0 Å². The van der Waals surface area contributed by atoms with E-state index in [1.165, 1.54) is 12.1 Å². The van der Waals surface area contributed by atoms with Crippen LogP contribution >= 0.6 is 0 Å². The van der Waals surface area contributed by atoms with Gasteiger partial charge in [0.15, 0.2) is 5.65 Å². The highest BCUT2D eigenvalue weighted by molar-refractivity contribution is 5.97. The van der Waals surface area contributed by atoms with Crippen LogP contribution in [0.15, 0.2) is 36.5 Å². The van der Waals surface area contributed by atoms with Gasteiger partial charge in [-0.2, -0.15) is 5.10 Å². The molecule has 128 valence electrons. The van der Waals surface area contributed by atoms with Crippen molar-refractivity contribution in [2.75, 3.05) is 31.1 Å². The van der Waals surface area contributed by atoms with Gasteiger partial charge in [0, 0.05) is 49.1 Å². The molecule has 7 heteroatoms. The highest BCUT2D eigenvalue weighted by atomic mass is 19.1. The van der Waals surface area contributed by atoms with Crippen molar-refractivity contribution in [2.24, 2.45) is 0 Å². The van der Waals surface area contributed by atoms with Gasteiger partial charge in [0.1, 0.15) is 5.82 Å². The minimum atomic E-state index is -0.241. The summed E-state index contributed by atoms with van der Waals surface area (Å²) in [6, 6.07) is 8.30. The summed E-state index contributed by atoms with van der Waals surface area (Å²) in [7, 11) is 0. The molecule has 0 radical (unpaired) electrons. The molecule has 6 nitrogen and oxygen atoms in total. The van der Waals surface area contributed by atoms with Crippen molar-refractivity contribution in [1.82, 2.24) is 20.1 Å². The Bertz CT molecular complexity index is 913. The summed E-state index contributed by atoms with van der Waals surface area (Å²) in [5.41, 5.74) is 3.08. The number of fused-ring (bicyclic) bond motifs is 1. The maximum Gasteiger partial charge on any atom is 0.255 e. The molecule has 0 atom stereocenters. The van der Waals surface area contributed by atoms with E-state index in [1.807, 2.05) is 17.9 Å². The van der Waals surface area contributed by atoms with E-state index in [0.717, 1.165) is 29.9 Å². The van der Waals surface area contributed by atoms with Crippen LogP contribution in [0.3, 0.4) is 0 Å². The van der Waals surface area contributed by atoms with Gasteiger partial charge in [0.25, 0.3) is 5.91 Å². The number of aromatic amines is 1. The molecule has 4 rings (SSSR count). The van der Waals surface area contributed by atoms with E-state index in [0.29, 0.717) is 24.3 Å². The summed E-state index contributed by atoms with van der Waals surface area (Å²) in [6.07, 6.45) is 1.58. The highest BCUT2D eigenvalue weighted by Crippen LogP contribution is 2.19. The van der Waals surface area contributed by atoms with E-state index in [9.17, 15) is 9.18 Å². The smallest absolute Gasteiger partial charge is 0.255 e. The topological polar surface area (TPSA) is 65.1 Å². The lowest BCUT2D eigenvalue weighted by atomic mass is 10.1. The minimum absolute atomic E-state index is 0.0197. The number of nitrogens with zero attached hydrogens (tertiary/aromatic N) is 4. The van der Waals surface area contributed by atoms with Gasteiger partial charge in [-0.15, -0.1) is 0 Å². The van der Waals surface area contributed by atoms with Crippen LogP contribution < -0.4 is 4.90 Å². The molecule has 0 spiro atoms. The molecule has 0 aliphatic carbocycles. The number of pyridine rings is 1. The number of hydrogen-bond acceptors (Lipinski definition) is 4. The summed E-state index contributed by atoms with van der Waals surface area (Å²) >= 11 is 0. The van der Waals surface area contributed by atoms with Crippen molar-refractivity contribution < 1.29 is 9.18 Å². The van der Waals surface area contributed by atoms with Crippen molar-refractivity contribution >= 4 is 22.6 Å². The monoisotopic (exact) mass is 339 g/mol. The number of carbonyl (C=O) groups is 1. The number of carbonyl (C=O) groups excluding carboxylic acids is 1. The van der Waals surface area contributed by atoms with Gasteiger partial charge in [-0.05, 0) is 37.3 Å². The molecule has 1 fully saturated rings. The fourth-order valence-corrected chi connectivity index (χ4v) is 3.14. The number of aromatic nitrogens is 3. The summed E-state index contributed by atoms with van der Waals surface area (Å²) in [5, 5.41) is 7.84. The van der Waals surface area contributed by atoms with Crippen LogP contribution in [0.2, 0.25) is 0 Å². The number of rotatable bonds is 2. The van der Waals surface area contributed by atoms with Gasteiger partial charge in [0.2, 0.25) is 0 Å². The number of amides is 1. The van der Waals surface area contributed by atoms with Crippen LogP contribution in [0.1, 0.15) is 16.1 Å². The second-order valence-corrected chi connectivity index (χ2v) is 6.20. The van der Waals surface area contributed by atoms with Crippen molar-refractivity contribution in [3.8, 4) is 0 Å². The predicted octanol–water partition coefficient (Wildman–Crippen LogP) is 2.37. The van der Waals surface area contributed by atoms with E-state index in [2.05, 4.69) is 20.1 Å². The first-order valence-corrected chi connectivity index (χ1v) is 8.22. The lowest BCUT2D eigenvalue weighted by molar-refractivity contribution is 0.0746. The van der Waals surface area contributed by atoms with Crippen LogP contribution in [0.25, 0.3) is 11.0 Å². The third kappa shape index (κ3) is 2.93. The lowest BCUT2D eigenvalue weighted by Gasteiger charge is -2.36. The quantitative estimate of drug-likeness (QED) is 0.778. The van der Waals surface area contributed by atoms with Gasteiger partial charge < -0.3 is 9.80 Å². The third-order valence-electron chi connectivity index (χ3n) is 4.61. The van der Waals surface area contributed by atoms with Gasteiger partial charge >= 0.3 is 0 Å². The molecule has 2 aromatic heterocycles. The zero-order chi connectivity index (χ0) is 17.4. The average molecular weight is 339 g/mol. The van der Waals surface area contributed by atoms with Crippen LogP contribution in [0.4, 0.5) is 10.1 Å².